The molecule has 0 radical (unpaired) electrons. The van der Waals surface area contributed by atoms with Crippen molar-refractivity contribution in [1.82, 2.24) is 19.2 Å². The lowest BCUT2D eigenvalue weighted by Crippen LogP contribution is -2.38. The monoisotopic (exact) mass is 378 g/mol. The van der Waals surface area contributed by atoms with E-state index in [9.17, 15) is 4.79 Å². The summed E-state index contributed by atoms with van der Waals surface area (Å²) in [5.74, 6) is 1.70. The number of aromatic nitrogens is 3. The summed E-state index contributed by atoms with van der Waals surface area (Å²) in [7, 11) is 0. The summed E-state index contributed by atoms with van der Waals surface area (Å²) in [5.41, 5.74) is 1.91. The Balaban J connectivity index is 1.58. The van der Waals surface area contributed by atoms with Crippen molar-refractivity contribution in [3.8, 4) is 11.6 Å². The molecule has 0 saturated heterocycles. The summed E-state index contributed by atoms with van der Waals surface area (Å²) in [6.45, 7) is 9.27. The zero-order valence-corrected chi connectivity index (χ0v) is 16.8. The van der Waals surface area contributed by atoms with Crippen molar-refractivity contribution in [2.75, 3.05) is 0 Å². The third kappa shape index (κ3) is 3.30. The summed E-state index contributed by atoms with van der Waals surface area (Å²) in [6, 6.07) is 13.4. The van der Waals surface area contributed by atoms with Gasteiger partial charge in [0, 0.05) is 18.0 Å². The molecular formula is C22H26N4O2. The largest absolute Gasteiger partial charge is 0.481 e. The lowest BCUT2D eigenvalue weighted by molar-refractivity contribution is -0.138. The van der Waals surface area contributed by atoms with E-state index in [1.54, 1.807) is 6.92 Å². The predicted molar refractivity (Wildman–Crippen MR) is 107 cm³/mol. The van der Waals surface area contributed by atoms with Gasteiger partial charge in [0.05, 0.1) is 24.3 Å². The van der Waals surface area contributed by atoms with Crippen LogP contribution in [0.4, 0.5) is 0 Å². The predicted octanol–water partition coefficient (Wildman–Crippen LogP) is 3.74. The van der Waals surface area contributed by atoms with Gasteiger partial charge in [-0.15, -0.1) is 0 Å². The van der Waals surface area contributed by atoms with Crippen LogP contribution in [-0.4, -0.2) is 31.3 Å². The Morgan fingerprint density at radius 2 is 1.75 bits per heavy atom. The highest BCUT2D eigenvalue weighted by molar-refractivity contribution is 5.81. The number of nitrogens with zero attached hydrogens (tertiary/aromatic N) is 4. The van der Waals surface area contributed by atoms with Gasteiger partial charge in [0.1, 0.15) is 11.6 Å². The second-order valence-corrected chi connectivity index (χ2v) is 8.19. The molecule has 0 saturated carbocycles. The number of para-hydroxylation sites is 1. The second-order valence-electron chi connectivity index (χ2n) is 8.19. The van der Waals surface area contributed by atoms with Gasteiger partial charge in [-0.1, -0.05) is 18.2 Å². The molecule has 6 heteroatoms. The van der Waals surface area contributed by atoms with Crippen LogP contribution in [-0.2, 0) is 23.4 Å². The minimum Gasteiger partial charge on any atom is -0.481 e. The quantitative estimate of drug-likeness (QED) is 0.695. The summed E-state index contributed by atoms with van der Waals surface area (Å²) in [4.78, 5) is 14.8. The van der Waals surface area contributed by atoms with E-state index in [2.05, 4.69) is 30.0 Å². The second kappa shape index (κ2) is 6.86. The third-order valence-corrected chi connectivity index (χ3v) is 4.93. The molecule has 1 aromatic carbocycles. The zero-order chi connectivity index (χ0) is 19.9. The molecule has 4 rings (SSSR count). The number of benzene rings is 1. The van der Waals surface area contributed by atoms with Gasteiger partial charge >= 0.3 is 0 Å². The first-order valence-corrected chi connectivity index (χ1v) is 9.59. The van der Waals surface area contributed by atoms with Crippen molar-refractivity contribution >= 4 is 5.91 Å². The van der Waals surface area contributed by atoms with E-state index in [1.807, 2.05) is 59.8 Å². The van der Waals surface area contributed by atoms with E-state index in [0.29, 0.717) is 18.8 Å². The number of carbonyl (C=O) groups is 1. The maximum absolute atomic E-state index is 13.0. The van der Waals surface area contributed by atoms with E-state index in [0.717, 1.165) is 17.1 Å². The molecule has 28 heavy (non-hydrogen) atoms. The van der Waals surface area contributed by atoms with Crippen LogP contribution < -0.4 is 4.74 Å². The number of hydrogen-bond donors (Lipinski definition) is 0. The maximum atomic E-state index is 13.0. The van der Waals surface area contributed by atoms with Gasteiger partial charge in [-0.05, 0) is 52.0 Å². The standard InChI is InChI=1S/C22H26N4O2/c1-16(28-17-10-6-5-7-11-17)21(27)25-14-18-19(15-25)23-26(22(2,3)4)20(18)24-12-8-9-13-24/h5-13,16H,14-15H2,1-4H3. The molecule has 0 bridgehead atoms. The molecule has 3 aromatic rings. The van der Waals surface area contributed by atoms with Crippen molar-refractivity contribution in [3.05, 3.63) is 66.1 Å². The first-order valence-electron chi connectivity index (χ1n) is 9.59. The molecule has 6 nitrogen and oxygen atoms in total. The van der Waals surface area contributed by atoms with Crippen LogP contribution in [0, 0.1) is 0 Å². The minimum absolute atomic E-state index is 0.0254. The van der Waals surface area contributed by atoms with E-state index in [1.165, 1.54) is 0 Å². The molecular weight excluding hydrogens is 352 g/mol. The highest BCUT2D eigenvalue weighted by Gasteiger charge is 2.35. The Kier molecular flexibility index (Phi) is 4.49. The molecule has 0 aliphatic carbocycles. The zero-order valence-electron chi connectivity index (χ0n) is 16.8. The smallest absolute Gasteiger partial charge is 0.264 e. The molecule has 2 aromatic heterocycles. The minimum atomic E-state index is -0.545. The molecule has 0 fully saturated rings. The topological polar surface area (TPSA) is 52.3 Å². The van der Waals surface area contributed by atoms with Gasteiger partial charge in [-0.25, -0.2) is 4.68 Å². The lowest BCUT2D eigenvalue weighted by atomic mass is 10.1. The Morgan fingerprint density at radius 3 is 2.39 bits per heavy atom. The van der Waals surface area contributed by atoms with Crippen molar-refractivity contribution in [3.63, 3.8) is 0 Å². The maximum Gasteiger partial charge on any atom is 0.264 e. The number of ether oxygens (including phenoxy) is 1. The van der Waals surface area contributed by atoms with Gasteiger partial charge < -0.3 is 14.2 Å². The Labute approximate surface area is 165 Å². The summed E-state index contributed by atoms with van der Waals surface area (Å²) < 4.78 is 9.96. The summed E-state index contributed by atoms with van der Waals surface area (Å²) in [5, 5.41) is 4.86. The number of amides is 1. The molecule has 1 atom stereocenters. The molecule has 3 heterocycles. The number of fused-ring (bicyclic) bond motifs is 1. The summed E-state index contributed by atoms with van der Waals surface area (Å²) in [6.07, 6.45) is 3.49. The average Bonchev–Trinajstić information content (AvgIpc) is 3.36. The van der Waals surface area contributed by atoms with Gasteiger partial charge in [-0.3, -0.25) is 4.79 Å². The molecule has 1 unspecified atom stereocenters. The van der Waals surface area contributed by atoms with Crippen LogP contribution in [0.5, 0.6) is 5.75 Å². The Hall–Kier alpha value is -3.02. The lowest BCUT2D eigenvalue weighted by Gasteiger charge is -2.25. The van der Waals surface area contributed by atoms with Crippen LogP contribution >= 0.6 is 0 Å². The Morgan fingerprint density at radius 1 is 1.07 bits per heavy atom. The fraction of sp³-hybridized carbons (Fsp3) is 0.364. The molecule has 0 spiro atoms. The van der Waals surface area contributed by atoms with Crippen LogP contribution in [0.2, 0.25) is 0 Å². The van der Waals surface area contributed by atoms with Crippen LogP contribution in [0.25, 0.3) is 5.82 Å². The molecule has 1 amide bonds. The normalized spacial score (nSPS) is 14.8. The first kappa shape index (κ1) is 18.3. The van der Waals surface area contributed by atoms with Gasteiger partial charge in [-0.2, -0.15) is 5.10 Å². The average molecular weight is 378 g/mol. The molecule has 146 valence electrons. The van der Waals surface area contributed by atoms with Gasteiger partial charge in [0.25, 0.3) is 5.91 Å². The fourth-order valence-corrected chi connectivity index (χ4v) is 3.58. The fourth-order valence-electron chi connectivity index (χ4n) is 3.58. The number of hydrogen-bond acceptors (Lipinski definition) is 3. The molecule has 0 N–H and O–H groups in total. The number of rotatable bonds is 4. The third-order valence-electron chi connectivity index (χ3n) is 4.93. The van der Waals surface area contributed by atoms with E-state index >= 15 is 0 Å². The van der Waals surface area contributed by atoms with Crippen molar-refractivity contribution in [2.45, 2.75) is 52.4 Å². The van der Waals surface area contributed by atoms with Gasteiger partial charge in [0.2, 0.25) is 0 Å². The van der Waals surface area contributed by atoms with Crippen LogP contribution in [0.1, 0.15) is 39.0 Å². The van der Waals surface area contributed by atoms with Crippen LogP contribution in [0.15, 0.2) is 54.9 Å². The van der Waals surface area contributed by atoms with Gasteiger partial charge in [0.15, 0.2) is 6.10 Å². The first-order chi connectivity index (χ1) is 13.3. The SMILES string of the molecule is CC(Oc1ccccc1)C(=O)N1Cc2nn(C(C)(C)C)c(-n3cccc3)c2C1. The highest BCUT2D eigenvalue weighted by Crippen LogP contribution is 2.32. The Bertz CT molecular complexity index is 968. The van der Waals surface area contributed by atoms with E-state index in [-0.39, 0.29) is 11.4 Å². The highest BCUT2D eigenvalue weighted by atomic mass is 16.5. The van der Waals surface area contributed by atoms with E-state index < -0.39 is 6.10 Å². The van der Waals surface area contributed by atoms with Crippen molar-refractivity contribution in [1.29, 1.82) is 0 Å². The van der Waals surface area contributed by atoms with Crippen LogP contribution in [0.3, 0.4) is 0 Å². The molecule has 1 aliphatic rings. The number of carbonyl (C=O) groups excluding carboxylic acids is 1. The van der Waals surface area contributed by atoms with Crippen molar-refractivity contribution < 1.29 is 9.53 Å². The molecule has 1 aliphatic heterocycles. The van der Waals surface area contributed by atoms with E-state index in [4.69, 9.17) is 9.84 Å². The summed E-state index contributed by atoms with van der Waals surface area (Å²) >= 11 is 0. The van der Waals surface area contributed by atoms with Crippen molar-refractivity contribution in [2.24, 2.45) is 0 Å².